The van der Waals surface area contributed by atoms with Crippen LogP contribution in [-0.4, -0.2) is 23.8 Å². The van der Waals surface area contributed by atoms with Gasteiger partial charge < -0.3 is 10.2 Å². The van der Waals surface area contributed by atoms with Crippen LogP contribution < -0.4 is 5.32 Å². The summed E-state index contributed by atoms with van der Waals surface area (Å²) in [6, 6.07) is 12.8. The number of carbonyl (C=O) groups is 1. The molecular weight excluding hydrogens is 338 g/mol. The monoisotopic (exact) mass is 358 g/mol. The topological polar surface area (TPSA) is 50.7 Å². The molecule has 2 aromatic rings. The van der Waals surface area contributed by atoms with Crippen LogP contribution in [0.5, 0.6) is 0 Å². The molecule has 1 aliphatic rings. The molecule has 0 aromatic heterocycles. The van der Waals surface area contributed by atoms with E-state index in [1.807, 2.05) is 0 Å². The smallest absolute Gasteiger partial charge is 0.267 e. The Hall–Kier alpha value is -2.76. The lowest BCUT2D eigenvalue weighted by atomic mass is 9.95. The summed E-state index contributed by atoms with van der Waals surface area (Å²) >= 11 is 0. The fraction of sp³-hybridized carbons (Fsp3) is 0.300. The molecule has 1 heterocycles. The highest BCUT2D eigenvalue weighted by Gasteiger charge is 2.42. The second-order valence-corrected chi connectivity index (χ2v) is 6.47. The molecule has 2 aromatic carbocycles. The standard InChI is InChI=1S/C20H20F2N2O2/c1-20(13-18(24-26-20)15-9-3-5-11-17(15)22)19(25)23-12-6-8-14-7-2-4-10-16(14)21/h2-5,7,9-11H,6,8,12-13H2,1H3,(H,23,25). The van der Waals surface area contributed by atoms with Gasteiger partial charge in [0, 0.05) is 18.5 Å². The van der Waals surface area contributed by atoms with Gasteiger partial charge in [-0.25, -0.2) is 8.78 Å². The van der Waals surface area contributed by atoms with Crippen molar-refractivity contribution < 1.29 is 18.4 Å². The zero-order valence-corrected chi connectivity index (χ0v) is 14.5. The van der Waals surface area contributed by atoms with E-state index < -0.39 is 11.4 Å². The van der Waals surface area contributed by atoms with E-state index >= 15 is 0 Å². The van der Waals surface area contributed by atoms with Crippen molar-refractivity contribution in [2.24, 2.45) is 5.16 Å². The van der Waals surface area contributed by atoms with Crippen molar-refractivity contribution in [1.29, 1.82) is 0 Å². The van der Waals surface area contributed by atoms with E-state index in [1.54, 1.807) is 43.3 Å². The van der Waals surface area contributed by atoms with E-state index in [2.05, 4.69) is 10.5 Å². The average molecular weight is 358 g/mol. The predicted molar refractivity (Wildman–Crippen MR) is 94.8 cm³/mol. The molecule has 3 rings (SSSR count). The second-order valence-electron chi connectivity index (χ2n) is 6.47. The van der Waals surface area contributed by atoms with Crippen LogP contribution in [-0.2, 0) is 16.1 Å². The molecular formula is C20H20F2N2O2. The molecule has 0 saturated carbocycles. The minimum Gasteiger partial charge on any atom is -0.379 e. The Bertz CT molecular complexity index is 838. The maximum atomic E-state index is 13.9. The van der Waals surface area contributed by atoms with Gasteiger partial charge in [-0.2, -0.15) is 0 Å². The highest BCUT2D eigenvalue weighted by atomic mass is 19.1. The number of oxime groups is 1. The normalized spacial score (nSPS) is 19.0. The van der Waals surface area contributed by atoms with Crippen LogP contribution in [0, 0.1) is 11.6 Å². The summed E-state index contributed by atoms with van der Waals surface area (Å²) in [5, 5.41) is 6.68. The van der Waals surface area contributed by atoms with Gasteiger partial charge in [-0.05, 0) is 37.5 Å². The van der Waals surface area contributed by atoms with E-state index in [0.29, 0.717) is 36.2 Å². The van der Waals surface area contributed by atoms with Gasteiger partial charge in [0.1, 0.15) is 11.6 Å². The van der Waals surface area contributed by atoms with Gasteiger partial charge >= 0.3 is 0 Å². The molecule has 0 aliphatic carbocycles. The third kappa shape index (κ3) is 3.90. The number of carbonyl (C=O) groups excluding carboxylic acids is 1. The van der Waals surface area contributed by atoms with Crippen molar-refractivity contribution in [3.8, 4) is 0 Å². The molecule has 136 valence electrons. The number of amides is 1. The first kappa shape index (κ1) is 18.0. The van der Waals surface area contributed by atoms with Crippen LogP contribution >= 0.6 is 0 Å². The molecule has 0 spiro atoms. The maximum Gasteiger partial charge on any atom is 0.267 e. The van der Waals surface area contributed by atoms with E-state index in [9.17, 15) is 13.6 Å². The van der Waals surface area contributed by atoms with Crippen molar-refractivity contribution in [3.63, 3.8) is 0 Å². The minimum atomic E-state index is -1.17. The Morgan fingerprint density at radius 3 is 2.58 bits per heavy atom. The molecule has 4 nitrogen and oxygen atoms in total. The Labute approximate surface area is 150 Å². The number of aryl methyl sites for hydroxylation is 1. The molecule has 1 aliphatic heterocycles. The van der Waals surface area contributed by atoms with Gasteiger partial charge in [-0.15, -0.1) is 0 Å². The zero-order chi connectivity index (χ0) is 18.6. The summed E-state index contributed by atoms with van der Waals surface area (Å²) in [5.41, 5.74) is 0.196. The number of nitrogens with zero attached hydrogens (tertiary/aromatic N) is 1. The molecule has 0 saturated heterocycles. The van der Waals surface area contributed by atoms with Crippen LogP contribution in [0.3, 0.4) is 0 Å². The van der Waals surface area contributed by atoms with Gasteiger partial charge in [0.05, 0.1) is 5.71 Å². The largest absolute Gasteiger partial charge is 0.379 e. The lowest BCUT2D eigenvalue weighted by Crippen LogP contribution is -2.45. The molecule has 6 heteroatoms. The number of halogens is 2. The van der Waals surface area contributed by atoms with Crippen LogP contribution in [0.4, 0.5) is 8.78 Å². The molecule has 0 fully saturated rings. The molecule has 0 radical (unpaired) electrons. The first-order valence-electron chi connectivity index (χ1n) is 8.51. The Kier molecular flexibility index (Phi) is 5.30. The second kappa shape index (κ2) is 7.64. The van der Waals surface area contributed by atoms with E-state index in [0.717, 1.165) is 0 Å². The summed E-state index contributed by atoms with van der Waals surface area (Å²) in [5.74, 6) is -0.960. The Balaban J connectivity index is 1.51. The summed E-state index contributed by atoms with van der Waals surface area (Å²) in [7, 11) is 0. The van der Waals surface area contributed by atoms with Crippen LogP contribution in [0.2, 0.25) is 0 Å². The third-order valence-electron chi connectivity index (χ3n) is 4.39. The lowest BCUT2D eigenvalue weighted by molar-refractivity contribution is -0.141. The summed E-state index contributed by atoms with van der Waals surface area (Å²) in [6.45, 7) is 2.01. The summed E-state index contributed by atoms with van der Waals surface area (Å²) in [4.78, 5) is 17.7. The van der Waals surface area contributed by atoms with Gasteiger partial charge in [0.2, 0.25) is 5.60 Å². The number of benzene rings is 2. The quantitative estimate of drug-likeness (QED) is 0.802. The van der Waals surface area contributed by atoms with E-state index in [-0.39, 0.29) is 18.1 Å². The fourth-order valence-electron chi connectivity index (χ4n) is 2.87. The number of nitrogens with one attached hydrogen (secondary N) is 1. The van der Waals surface area contributed by atoms with Gasteiger partial charge in [0.25, 0.3) is 5.91 Å². The molecule has 1 amide bonds. The van der Waals surface area contributed by atoms with Crippen molar-refractivity contribution in [3.05, 3.63) is 71.3 Å². The minimum absolute atomic E-state index is 0.188. The average Bonchev–Trinajstić information content (AvgIpc) is 3.04. The molecule has 26 heavy (non-hydrogen) atoms. The highest BCUT2D eigenvalue weighted by molar-refractivity contribution is 6.05. The van der Waals surface area contributed by atoms with Crippen LogP contribution in [0.15, 0.2) is 53.7 Å². The SMILES string of the molecule is CC1(C(=O)NCCCc2ccccc2F)CC(c2ccccc2F)=NO1. The fourth-order valence-corrected chi connectivity index (χ4v) is 2.87. The van der Waals surface area contributed by atoms with Crippen molar-refractivity contribution in [2.45, 2.75) is 31.8 Å². The van der Waals surface area contributed by atoms with Gasteiger partial charge in [-0.1, -0.05) is 41.6 Å². The predicted octanol–water partition coefficient (Wildman–Crippen LogP) is 3.60. The van der Waals surface area contributed by atoms with E-state index in [4.69, 9.17) is 4.84 Å². The van der Waals surface area contributed by atoms with Gasteiger partial charge in [-0.3, -0.25) is 4.79 Å². The molecule has 1 unspecified atom stereocenters. The first-order chi connectivity index (χ1) is 12.5. The number of rotatable bonds is 6. The van der Waals surface area contributed by atoms with Crippen molar-refractivity contribution in [1.82, 2.24) is 5.32 Å². The van der Waals surface area contributed by atoms with E-state index in [1.165, 1.54) is 12.1 Å². The Morgan fingerprint density at radius 1 is 1.15 bits per heavy atom. The number of hydrogen-bond acceptors (Lipinski definition) is 3. The molecule has 0 bridgehead atoms. The third-order valence-corrected chi connectivity index (χ3v) is 4.39. The highest BCUT2D eigenvalue weighted by Crippen LogP contribution is 2.27. The maximum absolute atomic E-state index is 13.9. The first-order valence-corrected chi connectivity index (χ1v) is 8.51. The summed E-state index contributed by atoms with van der Waals surface area (Å²) < 4.78 is 27.4. The van der Waals surface area contributed by atoms with Crippen molar-refractivity contribution >= 4 is 11.6 Å². The molecule has 1 N–H and O–H groups in total. The lowest BCUT2D eigenvalue weighted by Gasteiger charge is -2.20. The summed E-state index contributed by atoms with van der Waals surface area (Å²) in [6.07, 6.45) is 1.32. The zero-order valence-electron chi connectivity index (χ0n) is 14.5. The van der Waals surface area contributed by atoms with Gasteiger partial charge in [0.15, 0.2) is 0 Å². The number of hydrogen-bond donors (Lipinski definition) is 1. The van der Waals surface area contributed by atoms with Crippen molar-refractivity contribution in [2.75, 3.05) is 6.54 Å². The van der Waals surface area contributed by atoms with Crippen LogP contribution in [0.1, 0.15) is 30.9 Å². The molecule has 1 atom stereocenters. The van der Waals surface area contributed by atoms with Crippen LogP contribution in [0.25, 0.3) is 0 Å². The Morgan fingerprint density at radius 2 is 1.85 bits per heavy atom.